The van der Waals surface area contributed by atoms with Crippen LogP contribution in [0, 0.1) is 0 Å². The molecular formula is C33H20. The fourth-order valence-corrected chi connectivity index (χ4v) is 6.18. The highest BCUT2D eigenvalue weighted by atomic mass is 14.3. The second-order valence-corrected chi connectivity index (χ2v) is 9.31. The Kier molecular flexibility index (Phi) is 3.27. The second kappa shape index (κ2) is 6.21. The Bertz CT molecular complexity index is 1900. The molecule has 1 aliphatic carbocycles. The van der Waals surface area contributed by atoms with Crippen LogP contribution in [0.5, 0.6) is 0 Å². The molecule has 0 aliphatic heterocycles. The van der Waals surface area contributed by atoms with Gasteiger partial charge in [-0.3, -0.25) is 0 Å². The van der Waals surface area contributed by atoms with E-state index >= 15 is 0 Å². The van der Waals surface area contributed by atoms with Gasteiger partial charge < -0.3 is 0 Å². The van der Waals surface area contributed by atoms with Crippen molar-refractivity contribution in [2.45, 2.75) is 6.42 Å². The molecule has 0 atom stereocenters. The van der Waals surface area contributed by atoms with Crippen LogP contribution < -0.4 is 0 Å². The highest BCUT2D eigenvalue weighted by Gasteiger charge is 2.25. The van der Waals surface area contributed by atoms with E-state index in [1.165, 1.54) is 76.1 Å². The first kappa shape index (κ1) is 17.4. The van der Waals surface area contributed by atoms with Crippen LogP contribution in [-0.4, -0.2) is 0 Å². The van der Waals surface area contributed by atoms with Crippen molar-refractivity contribution in [3.05, 3.63) is 120 Å². The molecule has 7 aromatic rings. The molecule has 0 heteroatoms. The summed E-state index contributed by atoms with van der Waals surface area (Å²) in [7, 11) is 0. The minimum atomic E-state index is 1.00. The van der Waals surface area contributed by atoms with E-state index in [1.54, 1.807) is 0 Å². The van der Waals surface area contributed by atoms with E-state index in [2.05, 4.69) is 109 Å². The van der Waals surface area contributed by atoms with Gasteiger partial charge in [-0.1, -0.05) is 97.1 Å². The van der Waals surface area contributed by atoms with Gasteiger partial charge in [-0.2, -0.15) is 0 Å². The lowest BCUT2D eigenvalue weighted by atomic mass is 9.87. The minimum Gasteiger partial charge on any atom is -0.0616 e. The summed E-state index contributed by atoms with van der Waals surface area (Å²) in [6, 6.07) is 40.6. The maximum absolute atomic E-state index is 2.40. The molecule has 0 N–H and O–H groups in total. The van der Waals surface area contributed by atoms with E-state index in [9.17, 15) is 0 Å². The van der Waals surface area contributed by atoms with Crippen LogP contribution in [0.2, 0.25) is 0 Å². The Labute approximate surface area is 191 Å². The molecule has 0 aromatic heterocycles. The van der Waals surface area contributed by atoms with Gasteiger partial charge in [-0.05, 0) is 94.7 Å². The van der Waals surface area contributed by atoms with Crippen LogP contribution in [0.15, 0.2) is 109 Å². The number of rotatable bonds is 0. The van der Waals surface area contributed by atoms with Crippen molar-refractivity contribution in [1.29, 1.82) is 0 Å². The molecule has 0 unspecified atom stereocenters. The molecule has 0 amide bonds. The first-order chi connectivity index (χ1) is 16.4. The Hall–Kier alpha value is -4.16. The maximum Gasteiger partial charge on any atom is -0.00130 e. The van der Waals surface area contributed by atoms with Gasteiger partial charge in [0.2, 0.25) is 0 Å². The zero-order valence-corrected chi connectivity index (χ0v) is 18.1. The molecule has 0 saturated carbocycles. The fraction of sp³-hybridized carbons (Fsp3) is 0.0303. The molecule has 8 rings (SSSR count). The van der Waals surface area contributed by atoms with Crippen LogP contribution >= 0.6 is 0 Å². The lowest BCUT2D eigenvalue weighted by Gasteiger charge is -2.15. The predicted octanol–water partition coefficient (Wildman–Crippen LogP) is 9.02. The monoisotopic (exact) mass is 416 g/mol. The lowest BCUT2D eigenvalue weighted by Crippen LogP contribution is -1.88. The van der Waals surface area contributed by atoms with Crippen molar-refractivity contribution in [2.75, 3.05) is 0 Å². The molecule has 0 radical (unpaired) electrons. The summed E-state index contributed by atoms with van der Waals surface area (Å²) >= 11 is 0. The molecule has 152 valence electrons. The number of hydrogen-bond acceptors (Lipinski definition) is 0. The third kappa shape index (κ3) is 2.25. The van der Waals surface area contributed by atoms with Gasteiger partial charge in [0, 0.05) is 0 Å². The first-order valence-electron chi connectivity index (χ1n) is 11.7. The van der Waals surface area contributed by atoms with Gasteiger partial charge in [-0.25, -0.2) is 0 Å². The number of hydrogen-bond donors (Lipinski definition) is 0. The van der Waals surface area contributed by atoms with Crippen LogP contribution in [-0.2, 0) is 6.42 Å². The smallest absolute Gasteiger partial charge is 0.00130 e. The minimum absolute atomic E-state index is 1.00. The maximum atomic E-state index is 2.40. The fourth-order valence-electron chi connectivity index (χ4n) is 6.18. The van der Waals surface area contributed by atoms with E-state index < -0.39 is 0 Å². The molecule has 0 bridgehead atoms. The summed E-state index contributed by atoms with van der Waals surface area (Å²) in [4.78, 5) is 0. The number of benzene rings is 7. The van der Waals surface area contributed by atoms with Gasteiger partial charge in [-0.15, -0.1) is 0 Å². The van der Waals surface area contributed by atoms with Crippen LogP contribution in [0.25, 0.3) is 65.0 Å². The van der Waals surface area contributed by atoms with Gasteiger partial charge in [0.25, 0.3) is 0 Å². The largest absolute Gasteiger partial charge is 0.0616 e. The van der Waals surface area contributed by atoms with Crippen molar-refractivity contribution in [3.8, 4) is 11.1 Å². The van der Waals surface area contributed by atoms with Crippen LogP contribution in [0.4, 0.5) is 0 Å². The Morgan fingerprint density at radius 3 is 1.67 bits per heavy atom. The third-order valence-electron chi connectivity index (χ3n) is 7.60. The predicted molar refractivity (Wildman–Crippen MR) is 142 cm³/mol. The Morgan fingerprint density at radius 1 is 0.364 bits per heavy atom. The average Bonchev–Trinajstić information content (AvgIpc) is 3.27. The highest BCUT2D eigenvalue weighted by Crippen LogP contribution is 2.49. The van der Waals surface area contributed by atoms with Gasteiger partial charge in [0.05, 0.1) is 0 Å². The van der Waals surface area contributed by atoms with Gasteiger partial charge in [0.15, 0.2) is 0 Å². The zero-order valence-electron chi connectivity index (χ0n) is 18.1. The third-order valence-corrected chi connectivity index (χ3v) is 7.60. The number of fused-ring (bicyclic) bond motifs is 13. The quantitative estimate of drug-likeness (QED) is 0.171. The lowest BCUT2D eigenvalue weighted by molar-refractivity contribution is 1.27. The second-order valence-electron chi connectivity index (χ2n) is 9.31. The van der Waals surface area contributed by atoms with Crippen LogP contribution in [0.3, 0.4) is 0 Å². The molecule has 33 heavy (non-hydrogen) atoms. The molecule has 1 aliphatic rings. The van der Waals surface area contributed by atoms with E-state index in [0.717, 1.165) is 6.42 Å². The van der Waals surface area contributed by atoms with Crippen molar-refractivity contribution < 1.29 is 0 Å². The summed E-state index contributed by atoms with van der Waals surface area (Å²) in [5.41, 5.74) is 5.75. The van der Waals surface area contributed by atoms with Crippen molar-refractivity contribution >= 4 is 53.9 Å². The van der Waals surface area contributed by atoms with Crippen molar-refractivity contribution in [2.24, 2.45) is 0 Å². The van der Waals surface area contributed by atoms with Gasteiger partial charge >= 0.3 is 0 Å². The molecule has 7 aromatic carbocycles. The summed E-state index contributed by atoms with van der Waals surface area (Å²) in [5.74, 6) is 0. The molecular weight excluding hydrogens is 396 g/mol. The molecule has 0 heterocycles. The summed E-state index contributed by atoms with van der Waals surface area (Å²) in [6.07, 6.45) is 1.00. The molecule has 0 nitrogen and oxygen atoms in total. The SMILES string of the molecule is c1ccc2cc3c4c(ccc3cc2c1)Cc1ccc2c3ccccc3c3ccccc3c2c1-4. The van der Waals surface area contributed by atoms with Crippen LogP contribution in [0.1, 0.15) is 11.1 Å². The summed E-state index contributed by atoms with van der Waals surface area (Å²) < 4.78 is 0. The normalized spacial score (nSPS) is 12.7. The van der Waals surface area contributed by atoms with Crippen molar-refractivity contribution in [1.82, 2.24) is 0 Å². The van der Waals surface area contributed by atoms with E-state index in [1.807, 2.05) is 0 Å². The standard InChI is InChI=1S/C33H20/c1-2-8-21-19-30-22(17-20(21)7-1)13-14-23-18-24-15-16-29-27-11-4-3-9-25(27)26-10-5-6-12-28(26)33(29)32(24)31(23)30/h1-17,19H,18H2. The molecule has 0 fully saturated rings. The summed E-state index contributed by atoms with van der Waals surface area (Å²) in [6.45, 7) is 0. The molecule has 0 spiro atoms. The molecule has 0 saturated heterocycles. The summed E-state index contributed by atoms with van der Waals surface area (Å²) in [5, 5.41) is 13.4. The Balaban J connectivity index is 1.62. The van der Waals surface area contributed by atoms with E-state index in [4.69, 9.17) is 0 Å². The Morgan fingerprint density at radius 2 is 0.909 bits per heavy atom. The highest BCUT2D eigenvalue weighted by molar-refractivity contribution is 6.30. The average molecular weight is 417 g/mol. The first-order valence-corrected chi connectivity index (χ1v) is 11.7. The van der Waals surface area contributed by atoms with Gasteiger partial charge in [0.1, 0.15) is 0 Å². The van der Waals surface area contributed by atoms with E-state index in [-0.39, 0.29) is 0 Å². The topological polar surface area (TPSA) is 0 Å². The van der Waals surface area contributed by atoms with E-state index in [0.29, 0.717) is 0 Å². The van der Waals surface area contributed by atoms with Crippen molar-refractivity contribution in [3.63, 3.8) is 0 Å². The zero-order chi connectivity index (χ0) is 21.5.